The predicted molar refractivity (Wildman–Crippen MR) is 49.5 cm³/mol. The number of aliphatic carboxylic acids is 1. The number of carbonyl (C=O) groups is 1. The molecule has 1 N–H and O–H groups in total. The second-order valence-electron chi connectivity index (χ2n) is 4.53. The molecule has 3 heteroatoms. The van der Waals surface area contributed by atoms with Crippen molar-refractivity contribution in [2.45, 2.75) is 31.7 Å². The molecule has 2 aliphatic rings. The van der Waals surface area contributed by atoms with Gasteiger partial charge in [0.05, 0.1) is 5.92 Å². The maximum Gasteiger partial charge on any atom is 0.306 e. The molecule has 74 valence electrons. The Labute approximate surface area is 78.7 Å². The topological polar surface area (TPSA) is 40.5 Å². The lowest BCUT2D eigenvalue weighted by atomic mass is 9.74. The van der Waals surface area contributed by atoms with Crippen LogP contribution in [0.5, 0.6) is 0 Å². The molecule has 0 radical (unpaired) electrons. The normalized spacial score (nSPS) is 40.2. The Morgan fingerprint density at radius 1 is 1.38 bits per heavy atom. The SMILES string of the molecule is CN1CCC2CC(C(=O)O)CC1C2. The van der Waals surface area contributed by atoms with Gasteiger partial charge in [-0.1, -0.05) is 0 Å². The van der Waals surface area contributed by atoms with Gasteiger partial charge in [0.1, 0.15) is 0 Å². The highest BCUT2D eigenvalue weighted by molar-refractivity contribution is 5.70. The molecule has 1 heterocycles. The fraction of sp³-hybridized carbons (Fsp3) is 0.900. The lowest BCUT2D eigenvalue weighted by Crippen LogP contribution is -2.46. The molecule has 1 saturated heterocycles. The highest BCUT2D eigenvalue weighted by Crippen LogP contribution is 2.37. The summed E-state index contributed by atoms with van der Waals surface area (Å²) in [6.07, 6.45) is 4.19. The molecule has 2 rings (SSSR count). The lowest BCUT2D eigenvalue weighted by molar-refractivity contribution is -0.145. The van der Waals surface area contributed by atoms with Gasteiger partial charge in [-0.3, -0.25) is 4.79 Å². The minimum absolute atomic E-state index is 0.0773. The van der Waals surface area contributed by atoms with E-state index in [9.17, 15) is 4.79 Å². The summed E-state index contributed by atoms with van der Waals surface area (Å²) < 4.78 is 0. The molecule has 13 heavy (non-hydrogen) atoms. The van der Waals surface area contributed by atoms with E-state index in [2.05, 4.69) is 11.9 Å². The van der Waals surface area contributed by atoms with E-state index >= 15 is 0 Å². The average Bonchev–Trinajstić information content (AvgIpc) is 2.12. The quantitative estimate of drug-likeness (QED) is 0.664. The molecular formula is C10H17NO2. The average molecular weight is 183 g/mol. The summed E-state index contributed by atoms with van der Waals surface area (Å²) in [6, 6.07) is 0.536. The second-order valence-corrected chi connectivity index (χ2v) is 4.53. The third-order valence-corrected chi connectivity index (χ3v) is 3.64. The first-order valence-electron chi connectivity index (χ1n) is 5.10. The number of hydrogen-bond donors (Lipinski definition) is 1. The number of fused-ring (bicyclic) bond motifs is 2. The molecule has 0 aromatic carbocycles. The van der Waals surface area contributed by atoms with Crippen LogP contribution in [-0.4, -0.2) is 35.6 Å². The van der Waals surface area contributed by atoms with Gasteiger partial charge in [-0.2, -0.15) is 0 Å². The molecular weight excluding hydrogens is 166 g/mol. The van der Waals surface area contributed by atoms with Crippen molar-refractivity contribution in [2.75, 3.05) is 13.6 Å². The van der Waals surface area contributed by atoms with Gasteiger partial charge in [0, 0.05) is 6.04 Å². The van der Waals surface area contributed by atoms with Crippen molar-refractivity contribution in [1.29, 1.82) is 0 Å². The number of nitrogens with zero attached hydrogens (tertiary/aromatic N) is 1. The summed E-state index contributed by atoms with van der Waals surface area (Å²) in [5, 5.41) is 8.96. The van der Waals surface area contributed by atoms with Gasteiger partial charge < -0.3 is 10.0 Å². The van der Waals surface area contributed by atoms with Crippen molar-refractivity contribution in [2.24, 2.45) is 11.8 Å². The number of likely N-dealkylation sites (tertiary alicyclic amines) is 1. The van der Waals surface area contributed by atoms with E-state index in [1.165, 1.54) is 12.8 Å². The summed E-state index contributed by atoms with van der Waals surface area (Å²) >= 11 is 0. The van der Waals surface area contributed by atoms with Crippen LogP contribution in [0.25, 0.3) is 0 Å². The number of carboxylic acid groups (broad SMARTS) is 1. The molecule has 0 spiro atoms. The fourth-order valence-electron chi connectivity index (χ4n) is 2.77. The Morgan fingerprint density at radius 2 is 2.15 bits per heavy atom. The Balaban J connectivity index is 2.04. The van der Waals surface area contributed by atoms with Crippen molar-refractivity contribution >= 4 is 5.97 Å². The highest BCUT2D eigenvalue weighted by atomic mass is 16.4. The van der Waals surface area contributed by atoms with Gasteiger partial charge in [0.25, 0.3) is 0 Å². The maximum atomic E-state index is 10.9. The molecule has 3 unspecified atom stereocenters. The Bertz CT molecular complexity index is 217. The van der Waals surface area contributed by atoms with Crippen LogP contribution in [0.3, 0.4) is 0 Å². The van der Waals surface area contributed by atoms with Crippen LogP contribution in [0, 0.1) is 11.8 Å². The first-order chi connectivity index (χ1) is 6.16. The molecule has 1 saturated carbocycles. The van der Waals surface area contributed by atoms with Crippen molar-refractivity contribution in [3.05, 3.63) is 0 Å². The lowest BCUT2D eigenvalue weighted by Gasteiger charge is -2.43. The molecule has 0 aromatic heterocycles. The molecule has 0 amide bonds. The highest BCUT2D eigenvalue weighted by Gasteiger charge is 2.37. The van der Waals surface area contributed by atoms with Gasteiger partial charge in [0.15, 0.2) is 0 Å². The van der Waals surface area contributed by atoms with Gasteiger partial charge >= 0.3 is 5.97 Å². The summed E-state index contributed by atoms with van der Waals surface area (Å²) in [7, 11) is 2.12. The number of hydrogen-bond acceptors (Lipinski definition) is 2. The van der Waals surface area contributed by atoms with Crippen LogP contribution in [-0.2, 0) is 4.79 Å². The van der Waals surface area contributed by atoms with Crippen molar-refractivity contribution in [3.8, 4) is 0 Å². The zero-order chi connectivity index (χ0) is 9.42. The monoisotopic (exact) mass is 183 g/mol. The summed E-state index contributed by atoms with van der Waals surface area (Å²) in [5.74, 6) is 0.00699. The molecule has 3 nitrogen and oxygen atoms in total. The molecule has 0 aromatic rings. The van der Waals surface area contributed by atoms with Crippen LogP contribution in [0.2, 0.25) is 0 Å². The number of rotatable bonds is 1. The van der Waals surface area contributed by atoms with Crippen molar-refractivity contribution in [3.63, 3.8) is 0 Å². The van der Waals surface area contributed by atoms with E-state index in [-0.39, 0.29) is 5.92 Å². The van der Waals surface area contributed by atoms with E-state index in [1.54, 1.807) is 0 Å². The van der Waals surface area contributed by atoms with E-state index in [0.29, 0.717) is 12.0 Å². The van der Waals surface area contributed by atoms with Gasteiger partial charge in [-0.05, 0) is 45.2 Å². The van der Waals surface area contributed by atoms with Crippen molar-refractivity contribution < 1.29 is 9.90 Å². The smallest absolute Gasteiger partial charge is 0.306 e. The van der Waals surface area contributed by atoms with E-state index in [4.69, 9.17) is 5.11 Å². The number of carboxylic acids is 1. The van der Waals surface area contributed by atoms with E-state index in [0.717, 1.165) is 19.4 Å². The van der Waals surface area contributed by atoms with Gasteiger partial charge in [-0.25, -0.2) is 0 Å². The second kappa shape index (κ2) is 3.29. The zero-order valence-corrected chi connectivity index (χ0v) is 8.07. The number of piperidine rings is 1. The van der Waals surface area contributed by atoms with Gasteiger partial charge in [0.2, 0.25) is 0 Å². The van der Waals surface area contributed by atoms with Crippen LogP contribution < -0.4 is 0 Å². The largest absolute Gasteiger partial charge is 0.481 e. The summed E-state index contributed by atoms with van der Waals surface area (Å²) in [5.41, 5.74) is 0. The van der Waals surface area contributed by atoms with Crippen LogP contribution in [0.4, 0.5) is 0 Å². The summed E-state index contributed by atoms with van der Waals surface area (Å²) in [4.78, 5) is 13.2. The fourth-order valence-corrected chi connectivity index (χ4v) is 2.77. The Morgan fingerprint density at radius 3 is 2.85 bits per heavy atom. The van der Waals surface area contributed by atoms with Crippen molar-refractivity contribution in [1.82, 2.24) is 4.90 Å². The molecule has 2 bridgehead atoms. The van der Waals surface area contributed by atoms with Crippen LogP contribution >= 0.6 is 0 Å². The molecule has 1 aliphatic carbocycles. The Kier molecular flexibility index (Phi) is 2.28. The zero-order valence-electron chi connectivity index (χ0n) is 8.07. The third-order valence-electron chi connectivity index (χ3n) is 3.64. The van der Waals surface area contributed by atoms with Crippen LogP contribution in [0.1, 0.15) is 25.7 Å². The standard InChI is InChI=1S/C10H17NO2/c1-11-3-2-7-4-8(10(12)13)6-9(11)5-7/h7-9H,2-6H2,1H3,(H,12,13). The molecule has 2 fully saturated rings. The molecule has 1 aliphatic heterocycles. The minimum atomic E-state index is -0.593. The Hall–Kier alpha value is -0.570. The third kappa shape index (κ3) is 1.70. The maximum absolute atomic E-state index is 10.9. The first-order valence-corrected chi connectivity index (χ1v) is 5.10. The predicted octanol–water partition coefficient (Wildman–Crippen LogP) is 1.19. The van der Waals surface area contributed by atoms with E-state index < -0.39 is 5.97 Å². The first kappa shape index (κ1) is 9.00. The summed E-state index contributed by atoms with van der Waals surface area (Å²) in [6.45, 7) is 1.15. The van der Waals surface area contributed by atoms with E-state index in [1.807, 2.05) is 0 Å². The minimum Gasteiger partial charge on any atom is -0.481 e. The van der Waals surface area contributed by atoms with Gasteiger partial charge in [-0.15, -0.1) is 0 Å². The van der Waals surface area contributed by atoms with Crippen LogP contribution in [0.15, 0.2) is 0 Å². The molecule has 3 atom stereocenters.